The maximum atomic E-state index is 11.2. The summed E-state index contributed by atoms with van der Waals surface area (Å²) in [6, 6.07) is 17.6. The number of alkyl halides is 1. The van der Waals surface area contributed by atoms with Gasteiger partial charge in [-0.15, -0.1) is 5.10 Å². The molecule has 0 unspecified atom stereocenters. The Bertz CT molecular complexity index is 1210. The third-order valence-electron chi connectivity index (χ3n) is 5.41. The third-order valence-corrected chi connectivity index (χ3v) is 7.28. The number of hydrogen-bond donors (Lipinski definition) is 1. The van der Waals surface area contributed by atoms with Gasteiger partial charge in [0.1, 0.15) is 0 Å². The van der Waals surface area contributed by atoms with Crippen molar-refractivity contribution in [3.05, 3.63) is 76.3 Å². The molecular formula is C24H21BrClN3O2S. The maximum absolute atomic E-state index is 11.2. The lowest BCUT2D eigenvalue weighted by molar-refractivity contribution is 0.0697. The fourth-order valence-corrected chi connectivity index (χ4v) is 5.64. The van der Waals surface area contributed by atoms with Crippen molar-refractivity contribution in [1.82, 2.24) is 0 Å². The van der Waals surface area contributed by atoms with Crippen molar-refractivity contribution in [3.63, 3.8) is 0 Å². The van der Waals surface area contributed by atoms with Gasteiger partial charge >= 0.3 is 5.97 Å². The molecule has 1 fully saturated rings. The molecule has 4 rings (SSSR count). The van der Waals surface area contributed by atoms with E-state index in [1.165, 1.54) is 41.6 Å². The lowest BCUT2D eigenvalue weighted by atomic mass is 9.99. The van der Waals surface area contributed by atoms with Crippen molar-refractivity contribution in [2.45, 2.75) is 24.5 Å². The fourth-order valence-electron chi connectivity index (χ4n) is 3.67. The van der Waals surface area contributed by atoms with Gasteiger partial charge in [-0.3, -0.25) is 0 Å². The summed E-state index contributed by atoms with van der Waals surface area (Å²) in [6.45, 7) is 3.54. The highest BCUT2D eigenvalue weighted by molar-refractivity contribution is 9.09. The molecule has 3 aromatic rings. The van der Waals surface area contributed by atoms with Crippen LogP contribution in [-0.4, -0.2) is 28.4 Å². The first-order chi connectivity index (χ1) is 15.5. The van der Waals surface area contributed by atoms with Crippen molar-refractivity contribution in [1.29, 1.82) is 0 Å². The van der Waals surface area contributed by atoms with Gasteiger partial charge in [0, 0.05) is 22.9 Å². The summed E-state index contributed by atoms with van der Waals surface area (Å²) in [7, 11) is 0. The molecule has 5 nitrogen and oxygen atoms in total. The van der Waals surface area contributed by atoms with Crippen molar-refractivity contribution in [3.8, 4) is 0 Å². The molecule has 3 aromatic carbocycles. The second kappa shape index (κ2) is 10.1. The van der Waals surface area contributed by atoms with Crippen LogP contribution in [0.5, 0.6) is 0 Å². The molecule has 0 bridgehead atoms. The fraction of sp³-hybridized carbons (Fsp3) is 0.208. The Hall–Kier alpha value is -2.35. The van der Waals surface area contributed by atoms with Crippen molar-refractivity contribution in [2.24, 2.45) is 10.2 Å². The van der Waals surface area contributed by atoms with Crippen LogP contribution in [-0.2, 0) is 5.75 Å². The van der Waals surface area contributed by atoms with Gasteiger partial charge in [-0.05, 0) is 53.5 Å². The van der Waals surface area contributed by atoms with Crippen LogP contribution < -0.4 is 4.90 Å². The summed E-state index contributed by atoms with van der Waals surface area (Å²) >= 11 is 11.4. The van der Waals surface area contributed by atoms with E-state index >= 15 is 0 Å². The Kier molecular flexibility index (Phi) is 7.18. The van der Waals surface area contributed by atoms with Crippen LogP contribution in [0.25, 0.3) is 10.8 Å². The second-order valence-corrected chi connectivity index (χ2v) is 9.32. The molecule has 0 spiro atoms. The molecule has 1 aliphatic carbocycles. The average molecular weight is 531 g/mol. The number of carbonyl (C=O) groups is 1. The first-order valence-electron chi connectivity index (χ1n) is 10.1. The molecule has 8 heteroatoms. The van der Waals surface area contributed by atoms with E-state index in [1.807, 2.05) is 0 Å². The van der Waals surface area contributed by atoms with Gasteiger partial charge in [-0.1, -0.05) is 75.7 Å². The quantitative estimate of drug-likeness (QED) is 0.116. The van der Waals surface area contributed by atoms with E-state index in [-0.39, 0.29) is 5.56 Å². The summed E-state index contributed by atoms with van der Waals surface area (Å²) in [4.78, 5) is 13.2. The number of carboxylic acids is 1. The topological polar surface area (TPSA) is 65.3 Å². The average Bonchev–Trinajstić information content (AvgIpc) is 3.63. The van der Waals surface area contributed by atoms with E-state index in [0.29, 0.717) is 27.3 Å². The molecule has 0 heterocycles. The molecule has 0 aliphatic heterocycles. The highest BCUT2D eigenvalue weighted by Crippen LogP contribution is 2.45. The Morgan fingerprint density at radius 3 is 2.56 bits per heavy atom. The zero-order valence-corrected chi connectivity index (χ0v) is 20.3. The predicted molar refractivity (Wildman–Crippen MR) is 139 cm³/mol. The van der Waals surface area contributed by atoms with Crippen LogP contribution in [0.4, 0.5) is 5.69 Å². The molecule has 0 saturated heterocycles. The number of anilines is 1. The Morgan fingerprint density at radius 2 is 1.94 bits per heavy atom. The zero-order valence-electron chi connectivity index (χ0n) is 17.2. The molecule has 0 radical (unpaired) electrons. The predicted octanol–water partition coefficient (Wildman–Crippen LogP) is 7.13. The minimum Gasteiger partial charge on any atom is -0.478 e. The van der Waals surface area contributed by atoms with Crippen LogP contribution in [0.1, 0.15) is 40.2 Å². The molecule has 0 amide bonds. The second-order valence-electron chi connectivity index (χ2n) is 7.47. The Labute approximate surface area is 204 Å². The molecule has 164 valence electrons. The number of carboxylic acid groups (broad SMARTS) is 1. The number of thioether (sulfide) groups is 1. The summed E-state index contributed by atoms with van der Waals surface area (Å²) in [5.74, 6) is 0.158. The van der Waals surface area contributed by atoms with Crippen LogP contribution in [0, 0.1) is 0 Å². The van der Waals surface area contributed by atoms with Crippen LogP contribution in [0.2, 0.25) is 5.02 Å². The molecule has 32 heavy (non-hydrogen) atoms. The number of nitrogens with zero attached hydrogens (tertiary/aromatic N) is 3. The van der Waals surface area contributed by atoms with Crippen LogP contribution in [0.15, 0.2) is 64.8 Å². The van der Waals surface area contributed by atoms with E-state index < -0.39 is 5.97 Å². The van der Waals surface area contributed by atoms with Gasteiger partial charge in [0.05, 0.1) is 16.7 Å². The zero-order chi connectivity index (χ0) is 22.7. The number of hydrogen-bond acceptors (Lipinski definition) is 4. The van der Waals surface area contributed by atoms with Crippen molar-refractivity contribution < 1.29 is 9.90 Å². The molecule has 1 aliphatic rings. The van der Waals surface area contributed by atoms with Gasteiger partial charge in [0.25, 0.3) is 0 Å². The molecule has 1 N–H and O–H groups in total. The summed E-state index contributed by atoms with van der Waals surface area (Å²) in [6.07, 6.45) is 2.49. The number of amidine groups is 1. The summed E-state index contributed by atoms with van der Waals surface area (Å²) in [5, 5.41) is 20.7. The smallest absolute Gasteiger partial charge is 0.335 e. The molecule has 0 aromatic heterocycles. The van der Waals surface area contributed by atoms with Crippen LogP contribution in [0.3, 0.4) is 0 Å². The van der Waals surface area contributed by atoms with Gasteiger partial charge < -0.3 is 10.0 Å². The number of halogens is 2. The standard InChI is InChI=1S/C24H21BrClN3O2S/c1-27-28-24(32-13-17-9-8-16(23(30)31)12-21(17)26)29(14-25)22-11-10-18(15-6-7-15)19-4-2-3-5-20(19)22/h2-5,8-12,15H,1,6-7,13-14H2,(H,30,31)/b28-24+. The lowest BCUT2D eigenvalue weighted by Gasteiger charge is -2.25. The summed E-state index contributed by atoms with van der Waals surface area (Å²) < 4.78 is 0. The van der Waals surface area contributed by atoms with Gasteiger partial charge in [-0.2, -0.15) is 5.10 Å². The monoisotopic (exact) mass is 529 g/mol. The minimum atomic E-state index is -1.00. The molecular weight excluding hydrogens is 510 g/mol. The van der Waals surface area contributed by atoms with Crippen molar-refractivity contribution in [2.75, 3.05) is 10.4 Å². The SMILES string of the molecule is C=N/N=C(/SCc1ccc(C(=O)O)cc1Cl)N(CBr)c1ccc(C2CC2)c2ccccc12. The Morgan fingerprint density at radius 1 is 1.19 bits per heavy atom. The molecule has 1 saturated carbocycles. The van der Waals surface area contributed by atoms with E-state index in [1.54, 1.807) is 12.1 Å². The Balaban J connectivity index is 1.65. The normalized spacial score (nSPS) is 13.9. The number of aromatic carboxylic acids is 1. The van der Waals surface area contributed by atoms with Crippen LogP contribution >= 0.6 is 39.3 Å². The first-order valence-corrected chi connectivity index (χ1v) is 12.5. The van der Waals surface area contributed by atoms with E-state index in [0.717, 1.165) is 16.6 Å². The highest BCUT2D eigenvalue weighted by atomic mass is 79.9. The number of rotatable bonds is 7. The minimum absolute atomic E-state index is 0.162. The molecule has 0 atom stereocenters. The van der Waals surface area contributed by atoms with Gasteiger partial charge in [0.2, 0.25) is 0 Å². The summed E-state index contributed by atoms with van der Waals surface area (Å²) in [5.41, 5.74) is 3.94. The number of benzene rings is 3. The van der Waals surface area contributed by atoms with E-state index in [9.17, 15) is 4.79 Å². The maximum Gasteiger partial charge on any atom is 0.335 e. The number of fused-ring (bicyclic) bond motifs is 1. The van der Waals surface area contributed by atoms with Gasteiger partial charge in [-0.25, -0.2) is 4.79 Å². The third kappa shape index (κ3) is 4.85. The first kappa shape index (κ1) is 22.8. The highest BCUT2D eigenvalue weighted by Gasteiger charge is 2.27. The van der Waals surface area contributed by atoms with E-state index in [2.05, 4.69) is 74.1 Å². The van der Waals surface area contributed by atoms with Crippen molar-refractivity contribution >= 4 is 73.6 Å². The lowest BCUT2D eigenvalue weighted by Crippen LogP contribution is -2.27. The largest absolute Gasteiger partial charge is 0.478 e. The van der Waals surface area contributed by atoms with E-state index in [4.69, 9.17) is 16.7 Å². The van der Waals surface area contributed by atoms with Gasteiger partial charge in [0.15, 0.2) is 5.17 Å².